The molecule has 26 heavy (non-hydrogen) atoms. The van der Waals surface area contributed by atoms with Gasteiger partial charge in [-0.3, -0.25) is 14.4 Å². The van der Waals surface area contributed by atoms with Crippen molar-refractivity contribution >= 4 is 17.9 Å². The molecule has 3 unspecified atom stereocenters. The molecule has 1 fully saturated rings. The first-order chi connectivity index (χ1) is 12.1. The van der Waals surface area contributed by atoms with Crippen LogP contribution >= 0.6 is 0 Å². The van der Waals surface area contributed by atoms with Crippen LogP contribution in [0.3, 0.4) is 0 Å². The van der Waals surface area contributed by atoms with Gasteiger partial charge >= 0.3 is 17.9 Å². The molecule has 0 aromatic carbocycles. The van der Waals surface area contributed by atoms with E-state index in [9.17, 15) is 19.5 Å². The van der Waals surface area contributed by atoms with Crippen LogP contribution in [0.5, 0.6) is 0 Å². The fraction of sp³-hybridized carbons (Fsp3) is 0.850. The number of aliphatic carboxylic acids is 1. The van der Waals surface area contributed by atoms with Crippen molar-refractivity contribution in [2.75, 3.05) is 13.2 Å². The normalized spacial score (nSPS) is 22.7. The van der Waals surface area contributed by atoms with Gasteiger partial charge in [0.05, 0.1) is 17.3 Å². The largest absolute Gasteiger partial charge is 0.481 e. The summed E-state index contributed by atoms with van der Waals surface area (Å²) in [5, 5.41) is 9.24. The molecule has 1 rings (SSSR count). The van der Waals surface area contributed by atoms with Crippen molar-refractivity contribution in [3.8, 4) is 0 Å². The number of ether oxygens (including phenoxy) is 2. The second kappa shape index (κ2) is 9.93. The molecule has 0 saturated heterocycles. The van der Waals surface area contributed by atoms with Crippen LogP contribution in [0.25, 0.3) is 0 Å². The lowest BCUT2D eigenvalue weighted by Gasteiger charge is -2.33. The van der Waals surface area contributed by atoms with Crippen molar-refractivity contribution in [1.82, 2.24) is 0 Å². The minimum Gasteiger partial charge on any atom is -0.481 e. The highest BCUT2D eigenvalue weighted by atomic mass is 16.6. The van der Waals surface area contributed by atoms with Crippen molar-refractivity contribution < 1.29 is 29.0 Å². The van der Waals surface area contributed by atoms with Crippen LogP contribution in [0.2, 0.25) is 0 Å². The van der Waals surface area contributed by atoms with E-state index in [0.717, 1.165) is 19.3 Å². The Balaban J connectivity index is 2.48. The van der Waals surface area contributed by atoms with Crippen LogP contribution in [0.4, 0.5) is 0 Å². The van der Waals surface area contributed by atoms with Crippen LogP contribution in [-0.4, -0.2) is 36.2 Å². The van der Waals surface area contributed by atoms with Gasteiger partial charge in [0.25, 0.3) is 0 Å². The smallest absolute Gasteiger partial charge is 0.312 e. The maximum Gasteiger partial charge on any atom is 0.312 e. The molecule has 0 amide bonds. The summed E-state index contributed by atoms with van der Waals surface area (Å²) in [6.07, 6.45) is 3.43. The molecule has 1 aliphatic carbocycles. The zero-order valence-electron chi connectivity index (χ0n) is 16.7. The Kier molecular flexibility index (Phi) is 8.57. The Bertz CT molecular complexity index is 499. The molecule has 0 spiro atoms. The average molecular weight is 370 g/mol. The molecule has 0 aromatic heterocycles. The lowest BCUT2D eigenvalue weighted by Crippen LogP contribution is -2.37. The molecule has 0 aromatic rings. The van der Waals surface area contributed by atoms with Crippen molar-refractivity contribution in [2.45, 2.75) is 66.7 Å². The van der Waals surface area contributed by atoms with E-state index in [4.69, 9.17) is 9.47 Å². The Morgan fingerprint density at radius 1 is 1.00 bits per heavy atom. The van der Waals surface area contributed by atoms with Gasteiger partial charge in [-0.05, 0) is 38.0 Å². The number of esters is 2. The summed E-state index contributed by atoms with van der Waals surface area (Å²) in [6.45, 7) is 10.00. The van der Waals surface area contributed by atoms with Gasteiger partial charge in [-0.1, -0.05) is 40.5 Å². The van der Waals surface area contributed by atoms with E-state index in [1.165, 1.54) is 0 Å². The molecule has 3 atom stereocenters. The van der Waals surface area contributed by atoms with Crippen molar-refractivity contribution in [2.24, 2.45) is 29.1 Å². The predicted molar refractivity (Wildman–Crippen MR) is 97.4 cm³/mol. The summed E-state index contributed by atoms with van der Waals surface area (Å²) in [7, 11) is 0. The summed E-state index contributed by atoms with van der Waals surface area (Å²) < 4.78 is 10.5. The summed E-state index contributed by atoms with van der Waals surface area (Å²) >= 11 is 0. The molecule has 0 radical (unpaired) electrons. The Hall–Kier alpha value is -1.59. The molecule has 0 heterocycles. The first-order valence-corrected chi connectivity index (χ1v) is 9.66. The molecule has 1 saturated carbocycles. The number of hydrogen-bond donors (Lipinski definition) is 1. The van der Waals surface area contributed by atoms with Crippen molar-refractivity contribution in [3.63, 3.8) is 0 Å². The Labute approximate surface area is 156 Å². The van der Waals surface area contributed by atoms with Crippen molar-refractivity contribution in [3.05, 3.63) is 0 Å². The van der Waals surface area contributed by atoms with Crippen LogP contribution in [0.15, 0.2) is 0 Å². The average Bonchev–Trinajstić information content (AvgIpc) is 2.57. The van der Waals surface area contributed by atoms with E-state index in [1.54, 1.807) is 0 Å². The van der Waals surface area contributed by atoms with Gasteiger partial charge in [0.1, 0.15) is 13.2 Å². The van der Waals surface area contributed by atoms with E-state index >= 15 is 0 Å². The minimum absolute atomic E-state index is 0.00453. The van der Waals surface area contributed by atoms with Crippen LogP contribution in [-0.2, 0) is 23.9 Å². The van der Waals surface area contributed by atoms with Crippen LogP contribution in [0, 0.1) is 29.1 Å². The van der Waals surface area contributed by atoms with Gasteiger partial charge in [0.2, 0.25) is 0 Å². The topological polar surface area (TPSA) is 89.9 Å². The van der Waals surface area contributed by atoms with Crippen molar-refractivity contribution in [1.29, 1.82) is 0 Å². The van der Waals surface area contributed by atoms with E-state index in [2.05, 4.69) is 13.8 Å². The number of rotatable bonds is 9. The number of carboxylic acid groups (broad SMARTS) is 1. The monoisotopic (exact) mass is 370 g/mol. The molecular formula is C20H34O6. The SMILES string of the molecule is CC(C)CC(C)(C(=O)OCCOC(=O)C1CCCCC1C(=O)O)C(C)C. The number of carbonyl (C=O) groups is 3. The summed E-state index contributed by atoms with van der Waals surface area (Å²) in [5.74, 6) is -2.49. The minimum atomic E-state index is -0.945. The lowest BCUT2D eigenvalue weighted by molar-refractivity contribution is -0.166. The molecule has 6 nitrogen and oxygen atoms in total. The zero-order valence-corrected chi connectivity index (χ0v) is 16.7. The standard InChI is InChI=1S/C20H34O6/c1-13(2)12-20(5,14(3)4)19(24)26-11-10-25-18(23)16-9-7-6-8-15(16)17(21)22/h13-16H,6-12H2,1-5H3,(H,21,22). The predicted octanol–water partition coefficient (Wildman–Crippen LogP) is 3.67. The van der Waals surface area contributed by atoms with Gasteiger partial charge in [-0.2, -0.15) is 0 Å². The van der Waals surface area contributed by atoms with Crippen LogP contribution in [0.1, 0.15) is 66.7 Å². The molecular weight excluding hydrogens is 336 g/mol. The number of carbonyl (C=O) groups excluding carboxylic acids is 2. The van der Waals surface area contributed by atoms with Gasteiger partial charge in [0, 0.05) is 0 Å². The fourth-order valence-corrected chi connectivity index (χ4v) is 3.66. The number of carboxylic acids is 1. The maximum atomic E-state index is 12.5. The highest BCUT2D eigenvalue weighted by Gasteiger charge is 2.39. The summed E-state index contributed by atoms with van der Waals surface area (Å²) in [6, 6.07) is 0. The van der Waals surface area contributed by atoms with Gasteiger partial charge in [0.15, 0.2) is 0 Å². The lowest BCUT2D eigenvalue weighted by atomic mass is 9.73. The van der Waals surface area contributed by atoms with Gasteiger partial charge < -0.3 is 14.6 Å². The van der Waals surface area contributed by atoms with E-state index < -0.39 is 29.2 Å². The van der Waals surface area contributed by atoms with E-state index in [-0.39, 0.29) is 25.1 Å². The molecule has 0 aliphatic heterocycles. The second-order valence-corrected chi connectivity index (χ2v) is 8.31. The highest BCUT2D eigenvalue weighted by molar-refractivity contribution is 5.81. The first kappa shape index (κ1) is 22.5. The van der Waals surface area contributed by atoms with Gasteiger partial charge in [-0.25, -0.2) is 0 Å². The quantitative estimate of drug-likeness (QED) is 0.492. The fourth-order valence-electron chi connectivity index (χ4n) is 3.66. The molecule has 0 bridgehead atoms. The third-order valence-electron chi connectivity index (χ3n) is 5.52. The zero-order chi connectivity index (χ0) is 19.9. The van der Waals surface area contributed by atoms with E-state index in [0.29, 0.717) is 18.8 Å². The molecule has 150 valence electrons. The summed E-state index contributed by atoms with van der Waals surface area (Å²) in [5.41, 5.74) is -0.573. The van der Waals surface area contributed by atoms with Gasteiger partial charge in [-0.15, -0.1) is 0 Å². The number of hydrogen-bond acceptors (Lipinski definition) is 5. The summed E-state index contributed by atoms with van der Waals surface area (Å²) in [4.78, 5) is 35.9. The second-order valence-electron chi connectivity index (χ2n) is 8.31. The third kappa shape index (κ3) is 5.99. The molecule has 1 aliphatic rings. The molecule has 6 heteroatoms. The maximum absolute atomic E-state index is 12.5. The Morgan fingerprint density at radius 3 is 2.04 bits per heavy atom. The molecule has 1 N–H and O–H groups in total. The highest BCUT2D eigenvalue weighted by Crippen LogP contribution is 2.35. The third-order valence-corrected chi connectivity index (χ3v) is 5.52. The first-order valence-electron chi connectivity index (χ1n) is 9.66. The van der Waals surface area contributed by atoms with Crippen LogP contribution < -0.4 is 0 Å². The Morgan fingerprint density at radius 2 is 1.54 bits per heavy atom. The van der Waals surface area contributed by atoms with E-state index in [1.807, 2.05) is 20.8 Å².